The number of carbonyl (C=O) groups excluding carboxylic acids is 1. The van der Waals surface area contributed by atoms with Crippen LogP contribution >= 0.6 is 0 Å². The second-order valence-corrected chi connectivity index (χ2v) is 6.00. The van der Waals surface area contributed by atoms with Crippen molar-refractivity contribution >= 4 is 5.91 Å². The first-order chi connectivity index (χ1) is 11.1. The lowest BCUT2D eigenvalue weighted by molar-refractivity contribution is -0.127. The lowest BCUT2D eigenvalue weighted by Gasteiger charge is -2.15. The maximum atomic E-state index is 12.2. The van der Waals surface area contributed by atoms with Crippen LogP contribution < -0.4 is 15.4 Å². The zero-order valence-electron chi connectivity index (χ0n) is 13.6. The average Bonchev–Trinajstić information content (AvgIpc) is 3.02. The molecule has 3 rings (SSSR count). The Bertz CT molecular complexity index is 695. The smallest absolute Gasteiger partial charge is 0.261 e. The number of nitrogens with one attached hydrogen (secondary N) is 2. The molecular formula is C19H22N2O2. The SMILES string of the molecule is Cc1ccc(OC(C)C(=O)NCc2ccc3c(c2)CNC3)cc1. The van der Waals surface area contributed by atoms with Gasteiger partial charge in [0.2, 0.25) is 0 Å². The van der Waals surface area contributed by atoms with E-state index >= 15 is 0 Å². The summed E-state index contributed by atoms with van der Waals surface area (Å²) in [6, 6.07) is 14.1. The second kappa shape index (κ2) is 6.84. The van der Waals surface area contributed by atoms with Crippen LogP contribution in [0.3, 0.4) is 0 Å². The number of rotatable bonds is 5. The van der Waals surface area contributed by atoms with E-state index in [-0.39, 0.29) is 5.91 Å². The maximum absolute atomic E-state index is 12.2. The molecule has 1 atom stereocenters. The van der Waals surface area contributed by atoms with Gasteiger partial charge in [0.25, 0.3) is 5.91 Å². The van der Waals surface area contributed by atoms with Gasteiger partial charge in [-0.15, -0.1) is 0 Å². The Labute approximate surface area is 136 Å². The third kappa shape index (κ3) is 3.90. The van der Waals surface area contributed by atoms with Gasteiger partial charge in [0.15, 0.2) is 6.10 Å². The fourth-order valence-electron chi connectivity index (χ4n) is 2.67. The molecule has 2 N–H and O–H groups in total. The van der Waals surface area contributed by atoms with Gasteiger partial charge in [-0.25, -0.2) is 0 Å². The van der Waals surface area contributed by atoms with Gasteiger partial charge in [0.05, 0.1) is 0 Å². The first kappa shape index (κ1) is 15.6. The summed E-state index contributed by atoms with van der Waals surface area (Å²) in [6.45, 7) is 6.15. The number of hydrogen-bond donors (Lipinski definition) is 2. The van der Waals surface area contributed by atoms with E-state index in [2.05, 4.69) is 28.8 Å². The van der Waals surface area contributed by atoms with Crippen LogP contribution in [0.15, 0.2) is 42.5 Å². The molecule has 1 aliphatic heterocycles. The number of aryl methyl sites for hydroxylation is 1. The molecule has 0 saturated carbocycles. The van der Waals surface area contributed by atoms with E-state index in [9.17, 15) is 4.79 Å². The fourth-order valence-corrected chi connectivity index (χ4v) is 2.67. The third-order valence-corrected chi connectivity index (χ3v) is 4.07. The minimum atomic E-state index is -0.520. The molecule has 0 aliphatic carbocycles. The lowest BCUT2D eigenvalue weighted by atomic mass is 10.1. The number of hydrogen-bond acceptors (Lipinski definition) is 3. The normalized spacial score (nSPS) is 14.2. The van der Waals surface area contributed by atoms with E-state index in [0.717, 1.165) is 18.7 Å². The highest BCUT2D eigenvalue weighted by Crippen LogP contribution is 2.17. The summed E-state index contributed by atoms with van der Waals surface area (Å²) >= 11 is 0. The van der Waals surface area contributed by atoms with Crippen LogP contribution in [0.25, 0.3) is 0 Å². The molecule has 4 heteroatoms. The molecule has 1 amide bonds. The second-order valence-electron chi connectivity index (χ2n) is 6.00. The predicted molar refractivity (Wildman–Crippen MR) is 90.1 cm³/mol. The van der Waals surface area contributed by atoms with E-state index in [1.807, 2.05) is 31.2 Å². The van der Waals surface area contributed by atoms with Crippen molar-refractivity contribution in [2.24, 2.45) is 0 Å². The summed E-state index contributed by atoms with van der Waals surface area (Å²) in [5.41, 5.74) is 4.95. The van der Waals surface area contributed by atoms with Gasteiger partial charge in [0.1, 0.15) is 5.75 Å². The van der Waals surface area contributed by atoms with E-state index < -0.39 is 6.10 Å². The summed E-state index contributed by atoms with van der Waals surface area (Å²) in [7, 11) is 0. The maximum Gasteiger partial charge on any atom is 0.261 e. The van der Waals surface area contributed by atoms with Crippen molar-refractivity contribution in [3.05, 3.63) is 64.7 Å². The third-order valence-electron chi connectivity index (χ3n) is 4.07. The van der Waals surface area contributed by atoms with Crippen LogP contribution in [-0.2, 0) is 24.4 Å². The Kier molecular flexibility index (Phi) is 4.63. The average molecular weight is 310 g/mol. The van der Waals surface area contributed by atoms with Crippen LogP contribution in [-0.4, -0.2) is 12.0 Å². The number of ether oxygens (including phenoxy) is 1. The predicted octanol–water partition coefficient (Wildman–Crippen LogP) is 2.68. The summed E-state index contributed by atoms with van der Waals surface area (Å²) in [4.78, 5) is 12.2. The molecular weight excluding hydrogens is 288 g/mol. The highest BCUT2D eigenvalue weighted by molar-refractivity contribution is 5.80. The van der Waals surface area contributed by atoms with Gasteiger partial charge in [0, 0.05) is 19.6 Å². The molecule has 1 aliphatic rings. The lowest BCUT2D eigenvalue weighted by Crippen LogP contribution is -2.35. The molecule has 2 aromatic rings. The number of amides is 1. The minimum absolute atomic E-state index is 0.107. The Morgan fingerprint density at radius 3 is 2.70 bits per heavy atom. The van der Waals surface area contributed by atoms with Crippen LogP contribution in [0, 0.1) is 6.92 Å². The van der Waals surface area contributed by atoms with Gasteiger partial charge in [-0.1, -0.05) is 35.9 Å². The molecule has 0 spiro atoms. The zero-order chi connectivity index (χ0) is 16.2. The van der Waals surface area contributed by atoms with Gasteiger partial charge >= 0.3 is 0 Å². The number of carbonyl (C=O) groups is 1. The molecule has 23 heavy (non-hydrogen) atoms. The Morgan fingerprint density at radius 1 is 1.17 bits per heavy atom. The van der Waals surface area contributed by atoms with E-state index in [1.165, 1.54) is 16.7 Å². The molecule has 1 unspecified atom stereocenters. The largest absolute Gasteiger partial charge is 0.481 e. The zero-order valence-corrected chi connectivity index (χ0v) is 13.6. The molecule has 0 saturated heterocycles. The first-order valence-corrected chi connectivity index (χ1v) is 7.94. The highest BCUT2D eigenvalue weighted by atomic mass is 16.5. The van der Waals surface area contributed by atoms with Crippen molar-refractivity contribution in [3.8, 4) is 5.75 Å². The van der Waals surface area contributed by atoms with Crippen LogP contribution in [0.5, 0.6) is 5.75 Å². The van der Waals surface area contributed by atoms with Crippen molar-refractivity contribution < 1.29 is 9.53 Å². The topological polar surface area (TPSA) is 50.4 Å². The Morgan fingerprint density at radius 2 is 1.91 bits per heavy atom. The van der Waals surface area contributed by atoms with Crippen molar-refractivity contribution in [1.29, 1.82) is 0 Å². The molecule has 1 heterocycles. The molecule has 4 nitrogen and oxygen atoms in total. The van der Waals surface area contributed by atoms with Gasteiger partial charge in [-0.05, 0) is 42.7 Å². The fraction of sp³-hybridized carbons (Fsp3) is 0.316. The first-order valence-electron chi connectivity index (χ1n) is 7.94. The minimum Gasteiger partial charge on any atom is -0.481 e. The summed E-state index contributed by atoms with van der Waals surface area (Å²) < 4.78 is 5.67. The summed E-state index contributed by atoms with van der Waals surface area (Å²) in [6.07, 6.45) is -0.520. The molecule has 0 bridgehead atoms. The van der Waals surface area contributed by atoms with E-state index in [4.69, 9.17) is 4.74 Å². The van der Waals surface area contributed by atoms with E-state index in [1.54, 1.807) is 6.92 Å². The highest BCUT2D eigenvalue weighted by Gasteiger charge is 2.15. The van der Waals surface area contributed by atoms with Crippen molar-refractivity contribution in [2.75, 3.05) is 0 Å². The summed E-state index contributed by atoms with van der Waals surface area (Å²) in [5.74, 6) is 0.603. The molecule has 0 fully saturated rings. The van der Waals surface area contributed by atoms with Gasteiger partial charge < -0.3 is 15.4 Å². The molecule has 0 radical (unpaired) electrons. The van der Waals surface area contributed by atoms with Gasteiger partial charge in [-0.2, -0.15) is 0 Å². The van der Waals surface area contributed by atoms with Crippen LogP contribution in [0.1, 0.15) is 29.2 Å². The Balaban J connectivity index is 1.53. The standard InChI is InChI=1S/C19H22N2O2/c1-13-3-7-18(8-4-13)23-14(2)19(22)21-10-15-5-6-16-11-20-12-17(16)9-15/h3-9,14,20H,10-12H2,1-2H3,(H,21,22). The van der Waals surface area contributed by atoms with Crippen molar-refractivity contribution in [1.82, 2.24) is 10.6 Å². The van der Waals surface area contributed by atoms with Crippen molar-refractivity contribution in [2.45, 2.75) is 39.6 Å². The molecule has 0 aromatic heterocycles. The van der Waals surface area contributed by atoms with Crippen LogP contribution in [0.4, 0.5) is 0 Å². The Hall–Kier alpha value is -2.33. The molecule has 120 valence electrons. The number of benzene rings is 2. The monoisotopic (exact) mass is 310 g/mol. The van der Waals surface area contributed by atoms with E-state index in [0.29, 0.717) is 12.3 Å². The van der Waals surface area contributed by atoms with Crippen LogP contribution in [0.2, 0.25) is 0 Å². The quantitative estimate of drug-likeness (QED) is 0.893. The summed E-state index contributed by atoms with van der Waals surface area (Å²) in [5, 5.41) is 6.26. The van der Waals surface area contributed by atoms with Crippen molar-refractivity contribution in [3.63, 3.8) is 0 Å². The number of fused-ring (bicyclic) bond motifs is 1. The van der Waals surface area contributed by atoms with Gasteiger partial charge in [-0.3, -0.25) is 4.79 Å². The molecule has 2 aromatic carbocycles.